The monoisotopic (exact) mass is 331 g/mol. The Hall–Kier alpha value is -3.16. The number of non-ortho nitro benzene ring substituents is 1. The number of likely N-dealkylation sites (N-methyl/N-ethyl adjacent to an activating group) is 1. The minimum absolute atomic E-state index is 0.0839. The van der Waals surface area contributed by atoms with Gasteiger partial charge in [-0.1, -0.05) is 12.1 Å². The topological polar surface area (TPSA) is 104 Å². The number of carboxylic acid groups (broad SMARTS) is 1. The number of benzene rings is 1. The van der Waals surface area contributed by atoms with Gasteiger partial charge in [-0.15, -0.1) is 0 Å². The fourth-order valence-electron chi connectivity index (χ4n) is 2.74. The molecule has 0 bridgehead atoms. The van der Waals surface area contributed by atoms with Crippen LogP contribution in [0.2, 0.25) is 0 Å². The molecule has 8 nitrogen and oxygen atoms in total. The Morgan fingerprint density at radius 1 is 1.38 bits per heavy atom. The lowest BCUT2D eigenvalue weighted by atomic mass is 9.85. The van der Waals surface area contributed by atoms with Crippen LogP contribution in [0.4, 0.5) is 5.69 Å². The molecule has 1 heterocycles. The molecule has 0 aliphatic carbocycles. The van der Waals surface area contributed by atoms with Crippen LogP contribution in [0, 0.1) is 10.1 Å². The first-order valence-corrected chi connectivity index (χ1v) is 7.09. The Kier molecular flexibility index (Phi) is 4.68. The second-order valence-corrected chi connectivity index (χ2v) is 5.47. The molecule has 1 aliphatic heterocycles. The second kappa shape index (κ2) is 6.53. The van der Waals surface area contributed by atoms with E-state index >= 15 is 0 Å². The Labute approximate surface area is 138 Å². The molecule has 1 atom stereocenters. The SMILES string of the molecule is CC1=C(N(C)C=O)C(c2ccc([N+](=O)[O-])cc2)C(C(=O)O)=CN1C. The maximum atomic E-state index is 11.7. The molecule has 1 amide bonds. The van der Waals surface area contributed by atoms with Crippen LogP contribution in [0.3, 0.4) is 0 Å². The van der Waals surface area contributed by atoms with E-state index in [1.165, 1.54) is 35.4 Å². The van der Waals surface area contributed by atoms with Gasteiger partial charge in [-0.3, -0.25) is 14.9 Å². The first-order chi connectivity index (χ1) is 11.3. The highest BCUT2D eigenvalue weighted by atomic mass is 16.6. The third-order valence-corrected chi connectivity index (χ3v) is 4.04. The summed E-state index contributed by atoms with van der Waals surface area (Å²) >= 11 is 0. The van der Waals surface area contributed by atoms with Crippen molar-refractivity contribution in [3.8, 4) is 0 Å². The highest BCUT2D eigenvalue weighted by Crippen LogP contribution is 2.39. The largest absolute Gasteiger partial charge is 0.478 e. The van der Waals surface area contributed by atoms with Crippen molar-refractivity contribution in [2.24, 2.45) is 0 Å². The van der Waals surface area contributed by atoms with Gasteiger partial charge in [0, 0.05) is 38.1 Å². The molecule has 0 radical (unpaired) electrons. The van der Waals surface area contributed by atoms with Crippen molar-refractivity contribution in [3.63, 3.8) is 0 Å². The van der Waals surface area contributed by atoms with Gasteiger partial charge in [0.15, 0.2) is 0 Å². The third kappa shape index (κ3) is 2.98. The molecule has 1 aromatic rings. The first kappa shape index (κ1) is 17.2. The molecule has 0 aromatic heterocycles. The summed E-state index contributed by atoms with van der Waals surface area (Å²) in [5.74, 6) is -1.82. The van der Waals surface area contributed by atoms with Crippen LogP contribution >= 0.6 is 0 Å². The smallest absolute Gasteiger partial charge is 0.334 e. The average molecular weight is 331 g/mol. The van der Waals surface area contributed by atoms with E-state index < -0.39 is 16.8 Å². The fraction of sp³-hybridized carbons (Fsp3) is 0.250. The van der Waals surface area contributed by atoms with Gasteiger partial charge in [0.2, 0.25) is 6.41 Å². The van der Waals surface area contributed by atoms with E-state index in [2.05, 4.69) is 0 Å². The highest BCUT2D eigenvalue weighted by Gasteiger charge is 2.34. The summed E-state index contributed by atoms with van der Waals surface area (Å²) in [5, 5.41) is 20.4. The van der Waals surface area contributed by atoms with Gasteiger partial charge in [0.05, 0.1) is 22.1 Å². The van der Waals surface area contributed by atoms with Crippen molar-refractivity contribution in [1.29, 1.82) is 0 Å². The van der Waals surface area contributed by atoms with Crippen molar-refractivity contribution in [3.05, 3.63) is 63.1 Å². The van der Waals surface area contributed by atoms with Gasteiger partial charge in [-0.05, 0) is 12.5 Å². The van der Waals surface area contributed by atoms with E-state index in [-0.39, 0.29) is 11.3 Å². The number of carboxylic acids is 1. The van der Waals surface area contributed by atoms with Crippen LogP contribution in [-0.4, -0.2) is 46.3 Å². The number of rotatable bonds is 5. The Morgan fingerprint density at radius 3 is 2.42 bits per heavy atom. The van der Waals surface area contributed by atoms with Crippen molar-refractivity contribution < 1.29 is 19.6 Å². The van der Waals surface area contributed by atoms with Gasteiger partial charge < -0.3 is 14.9 Å². The Morgan fingerprint density at radius 2 is 1.96 bits per heavy atom. The molecular formula is C16H17N3O5. The van der Waals surface area contributed by atoms with E-state index in [1.807, 2.05) is 0 Å². The van der Waals surface area contributed by atoms with E-state index in [9.17, 15) is 24.8 Å². The molecule has 1 aromatic carbocycles. The van der Waals surface area contributed by atoms with Gasteiger partial charge in [0.1, 0.15) is 0 Å². The molecule has 8 heteroatoms. The zero-order valence-electron chi connectivity index (χ0n) is 13.5. The maximum Gasteiger partial charge on any atom is 0.334 e. The number of hydrogen-bond donors (Lipinski definition) is 1. The number of nitro groups is 1. The summed E-state index contributed by atoms with van der Waals surface area (Å²) in [4.78, 5) is 36.2. The summed E-state index contributed by atoms with van der Waals surface area (Å²) in [6, 6.07) is 5.66. The summed E-state index contributed by atoms with van der Waals surface area (Å²) < 4.78 is 0. The van der Waals surface area contributed by atoms with E-state index in [4.69, 9.17) is 0 Å². The molecular weight excluding hydrogens is 314 g/mol. The molecule has 1 N–H and O–H groups in total. The molecule has 126 valence electrons. The average Bonchev–Trinajstić information content (AvgIpc) is 2.55. The molecule has 1 aliphatic rings. The maximum absolute atomic E-state index is 11.7. The standard InChI is InChI=1S/C16H17N3O5/c1-10-15(18(3)9-20)14(13(16(21)22)8-17(10)2)11-4-6-12(7-5-11)19(23)24/h4-9,14H,1-3H3,(H,21,22). The Balaban J connectivity index is 2.62. The first-order valence-electron chi connectivity index (χ1n) is 7.09. The summed E-state index contributed by atoms with van der Waals surface area (Å²) in [5.41, 5.74) is 1.80. The highest BCUT2D eigenvalue weighted by molar-refractivity contribution is 5.90. The quantitative estimate of drug-likeness (QED) is 0.502. The Bertz CT molecular complexity index is 751. The lowest BCUT2D eigenvalue weighted by Crippen LogP contribution is -2.32. The van der Waals surface area contributed by atoms with E-state index in [1.54, 1.807) is 25.9 Å². The van der Waals surface area contributed by atoms with Crippen LogP contribution in [0.15, 0.2) is 47.4 Å². The minimum Gasteiger partial charge on any atom is -0.478 e. The predicted molar refractivity (Wildman–Crippen MR) is 85.8 cm³/mol. The zero-order valence-corrected chi connectivity index (χ0v) is 13.5. The molecule has 2 rings (SSSR count). The fourth-order valence-corrected chi connectivity index (χ4v) is 2.74. The molecule has 0 spiro atoms. The molecule has 0 fully saturated rings. The number of nitrogens with zero attached hydrogens (tertiary/aromatic N) is 3. The number of carbonyl (C=O) groups is 2. The van der Waals surface area contributed by atoms with Crippen molar-refractivity contribution in [2.45, 2.75) is 12.8 Å². The van der Waals surface area contributed by atoms with Gasteiger partial charge in [-0.2, -0.15) is 0 Å². The number of amides is 1. The van der Waals surface area contributed by atoms with Gasteiger partial charge in [0.25, 0.3) is 5.69 Å². The molecule has 24 heavy (non-hydrogen) atoms. The minimum atomic E-state index is -1.12. The number of hydrogen-bond acceptors (Lipinski definition) is 5. The molecule has 1 unspecified atom stereocenters. The number of nitro benzene ring substituents is 1. The second-order valence-electron chi connectivity index (χ2n) is 5.47. The van der Waals surface area contributed by atoms with Crippen molar-refractivity contribution in [1.82, 2.24) is 9.80 Å². The van der Waals surface area contributed by atoms with Crippen LogP contribution in [-0.2, 0) is 9.59 Å². The van der Waals surface area contributed by atoms with Gasteiger partial charge in [-0.25, -0.2) is 4.79 Å². The van der Waals surface area contributed by atoms with Gasteiger partial charge >= 0.3 is 5.97 Å². The summed E-state index contributed by atoms with van der Waals surface area (Å²) in [6.07, 6.45) is 2.10. The van der Waals surface area contributed by atoms with Crippen molar-refractivity contribution >= 4 is 18.1 Å². The lowest BCUT2D eigenvalue weighted by Gasteiger charge is -2.35. The van der Waals surface area contributed by atoms with E-state index in [0.29, 0.717) is 17.7 Å². The lowest BCUT2D eigenvalue weighted by molar-refractivity contribution is -0.384. The predicted octanol–water partition coefficient (Wildman–Crippen LogP) is 1.91. The zero-order chi connectivity index (χ0) is 18.0. The van der Waals surface area contributed by atoms with Crippen LogP contribution in [0.5, 0.6) is 0 Å². The molecule has 0 saturated heterocycles. The van der Waals surface area contributed by atoms with Crippen LogP contribution in [0.1, 0.15) is 18.4 Å². The number of aliphatic carboxylic acids is 1. The van der Waals surface area contributed by atoms with Crippen LogP contribution in [0.25, 0.3) is 0 Å². The molecule has 0 saturated carbocycles. The van der Waals surface area contributed by atoms with Crippen molar-refractivity contribution in [2.75, 3.05) is 14.1 Å². The summed E-state index contributed by atoms with van der Waals surface area (Å²) in [6.45, 7) is 1.78. The number of allylic oxidation sites excluding steroid dienone is 2. The van der Waals surface area contributed by atoms with E-state index in [0.717, 1.165) is 5.70 Å². The van der Waals surface area contributed by atoms with Crippen LogP contribution < -0.4 is 0 Å². The number of carbonyl (C=O) groups excluding carboxylic acids is 1. The third-order valence-electron chi connectivity index (χ3n) is 4.04. The summed E-state index contributed by atoms with van der Waals surface area (Å²) in [7, 11) is 3.24. The normalized spacial score (nSPS) is 17.4.